The number of aromatic nitrogens is 1. The first-order chi connectivity index (χ1) is 13.0. The Bertz CT molecular complexity index is 987. The number of likely N-dealkylation sites (N-methyl/N-ethyl adjacent to an activating group) is 1. The summed E-state index contributed by atoms with van der Waals surface area (Å²) >= 11 is 12.8. The van der Waals surface area contributed by atoms with E-state index < -0.39 is 0 Å². The molecule has 1 aromatic heterocycles. The number of rotatable bonds is 3. The van der Waals surface area contributed by atoms with Crippen LogP contribution >= 0.6 is 23.2 Å². The van der Waals surface area contributed by atoms with E-state index in [4.69, 9.17) is 23.2 Å². The lowest BCUT2D eigenvalue weighted by molar-refractivity contribution is 0.295. The van der Waals surface area contributed by atoms with Crippen molar-refractivity contribution in [3.05, 3.63) is 81.5 Å². The zero-order valence-electron chi connectivity index (χ0n) is 15.3. The molecule has 4 rings (SSSR count). The Morgan fingerprint density at radius 1 is 1.07 bits per heavy atom. The molecule has 0 amide bonds. The van der Waals surface area contributed by atoms with Crippen LogP contribution in [0.5, 0.6) is 0 Å². The van der Waals surface area contributed by atoms with E-state index in [9.17, 15) is 0 Å². The van der Waals surface area contributed by atoms with Gasteiger partial charge in [0, 0.05) is 42.3 Å². The normalized spacial score (nSPS) is 16.8. The molecule has 0 bridgehead atoms. The molecule has 0 aliphatic carbocycles. The Kier molecular flexibility index (Phi) is 5.09. The SMILES string of the molecule is CNc1cc(-c2cccc([C@@H]3CN(C)Cc4c(Cl)cc(Cl)cc43)c2)ccn1. The fourth-order valence-corrected chi connectivity index (χ4v) is 4.38. The molecule has 0 saturated carbocycles. The van der Waals surface area contributed by atoms with Crippen LogP contribution in [0.2, 0.25) is 10.0 Å². The Hall–Kier alpha value is -2.07. The minimum Gasteiger partial charge on any atom is -0.373 e. The molecule has 1 N–H and O–H groups in total. The molecule has 138 valence electrons. The van der Waals surface area contributed by atoms with Gasteiger partial charge in [0.25, 0.3) is 0 Å². The zero-order chi connectivity index (χ0) is 19.0. The van der Waals surface area contributed by atoms with Crippen molar-refractivity contribution in [3.63, 3.8) is 0 Å². The summed E-state index contributed by atoms with van der Waals surface area (Å²) in [6.45, 7) is 1.78. The molecule has 3 aromatic rings. The molecule has 0 unspecified atom stereocenters. The molecular formula is C22H21Cl2N3. The highest BCUT2D eigenvalue weighted by Crippen LogP contribution is 2.39. The first-order valence-corrected chi connectivity index (χ1v) is 9.71. The fraction of sp³-hybridized carbons (Fsp3) is 0.227. The fourth-order valence-electron chi connectivity index (χ4n) is 3.81. The first kappa shape index (κ1) is 18.3. The van der Waals surface area contributed by atoms with Gasteiger partial charge in [-0.15, -0.1) is 0 Å². The van der Waals surface area contributed by atoms with Gasteiger partial charge in [-0.2, -0.15) is 0 Å². The Morgan fingerprint density at radius 3 is 2.70 bits per heavy atom. The monoisotopic (exact) mass is 397 g/mol. The summed E-state index contributed by atoms with van der Waals surface area (Å²) in [5.41, 5.74) is 5.99. The van der Waals surface area contributed by atoms with E-state index in [-0.39, 0.29) is 5.92 Å². The number of nitrogens with one attached hydrogen (secondary N) is 1. The highest BCUT2D eigenvalue weighted by molar-refractivity contribution is 6.35. The average molecular weight is 398 g/mol. The van der Waals surface area contributed by atoms with Crippen LogP contribution in [0.25, 0.3) is 11.1 Å². The molecule has 0 saturated heterocycles. The maximum atomic E-state index is 6.50. The molecule has 0 radical (unpaired) electrons. The van der Waals surface area contributed by atoms with Gasteiger partial charge in [-0.3, -0.25) is 0 Å². The summed E-state index contributed by atoms with van der Waals surface area (Å²) in [4.78, 5) is 6.62. The van der Waals surface area contributed by atoms with Crippen molar-refractivity contribution in [2.24, 2.45) is 0 Å². The van der Waals surface area contributed by atoms with Gasteiger partial charge in [-0.1, -0.05) is 47.5 Å². The van der Waals surface area contributed by atoms with E-state index in [2.05, 4.69) is 58.6 Å². The smallest absolute Gasteiger partial charge is 0.126 e. The summed E-state index contributed by atoms with van der Waals surface area (Å²) in [6, 6.07) is 16.7. The third kappa shape index (κ3) is 3.68. The topological polar surface area (TPSA) is 28.2 Å². The van der Waals surface area contributed by atoms with Crippen LogP contribution in [0.3, 0.4) is 0 Å². The Labute approximate surface area is 170 Å². The number of anilines is 1. The van der Waals surface area contributed by atoms with Gasteiger partial charge >= 0.3 is 0 Å². The van der Waals surface area contributed by atoms with Crippen LogP contribution in [0.4, 0.5) is 5.82 Å². The number of hydrogen-bond acceptors (Lipinski definition) is 3. The van der Waals surface area contributed by atoms with Crippen LogP contribution in [-0.4, -0.2) is 30.5 Å². The van der Waals surface area contributed by atoms with E-state index >= 15 is 0 Å². The minimum atomic E-state index is 0.237. The van der Waals surface area contributed by atoms with Crippen molar-refractivity contribution < 1.29 is 0 Å². The maximum absolute atomic E-state index is 6.50. The highest BCUT2D eigenvalue weighted by Gasteiger charge is 2.27. The Morgan fingerprint density at radius 2 is 1.89 bits per heavy atom. The molecule has 2 aromatic carbocycles. The van der Waals surface area contributed by atoms with Gasteiger partial charge < -0.3 is 10.2 Å². The van der Waals surface area contributed by atoms with Crippen LogP contribution < -0.4 is 5.32 Å². The van der Waals surface area contributed by atoms with Crippen molar-refractivity contribution in [1.29, 1.82) is 0 Å². The third-order valence-electron chi connectivity index (χ3n) is 5.13. The second kappa shape index (κ2) is 7.51. The van der Waals surface area contributed by atoms with Gasteiger partial charge in [-0.25, -0.2) is 4.98 Å². The molecule has 1 aliphatic rings. The zero-order valence-corrected chi connectivity index (χ0v) is 16.8. The van der Waals surface area contributed by atoms with Gasteiger partial charge in [0.15, 0.2) is 0 Å². The lowest BCUT2D eigenvalue weighted by Crippen LogP contribution is -2.31. The summed E-state index contributed by atoms with van der Waals surface area (Å²) in [5, 5.41) is 4.54. The van der Waals surface area contributed by atoms with Crippen molar-refractivity contribution in [1.82, 2.24) is 9.88 Å². The molecule has 3 nitrogen and oxygen atoms in total. The third-order valence-corrected chi connectivity index (χ3v) is 5.69. The first-order valence-electron chi connectivity index (χ1n) is 8.95. The van der Waals surface area contributed by atoms with Gasteiger partial charge in [0.1, 0.15) is 5.82 Å². The summed E-state index contributed by atoms with van der Waals surface area (Å²) in [6.07, 6.45) is 1.83. The highest BCUT2D eigenvalue weighted by atomic mass is 35.5. The van der Waals surface area contributed by atoms with Gasteiger partial charge in [0.05, 0.1) is 0 Å². The average Bonchev–Trinajstić information content (AvgIpc) is 2.68. The number of hydrogen-bond donors (Lipinski definition) is 1. The summed E-state index contributed by atoms with van der Waals surface area (Å²) in [7, 11) is 4.01. The molecule has 1 aliphatic heterocycles. The number of pyridine rings is 1. The number of nitrogens with zero attached hydrogens (tertiary/aromatic N) is 2. The van der Waals surface area contributed by atoms with Crippen molar-refractivity contribution in [2.45, 2.75) is 12.5 Å². The predicted octanol–water partition coefficient (Wildman–Crippen LogP) is 5.67. The van der Waals surface area contributed by atoms with Crippen molar-refractivity contribution >= 4 is 29.0 Å². The molecule has 1 atom stereocenters. The van der Waals surface area contributed by atoms with Gasteiger partial charge in [-0.05, 0) is 59.1 Å². The standard InChI is InChI=1S/C22H21Cl2N3/c1-25-22-9-15(6-7-26-22)14-4-3-5-16(8-14)19-12-27(2)13-20-18(19)10-17(23)11-21(20)24/h3-11,19H,12-13H2,1-2H3,(H,25,26)/t19-/m0/s1. The molecule has 2 heterocycles. The number of fused-ring (bicyclic) bond motifs is 1. The van der Waals surface area contributed by atoms with Crippen LogP contribution in [0.1, 0.15) is 22.6 Å². The lowest BCUT2D eigenvalue weighted by Gasteiger charge is -2.33. The summed E-state index contributed by atoms with van der Waals surface area (Å²) < 4.78 is 0. The maximum Gasteiger partial charge on any atom is 0.126 e. The van der Waals surface area contributed by atoms with Crippen molar-refractivity contribution in [3.8, 4) is 11.1 Å². The molecule has 0 fully saturated rings. The quantitative estimate of drug-likeness (QED) is 0.616. The van der Waals surface area contributed by atoms with E-state index in [1.165, 1.54) is 22.3 Å². The van der Waals surface area contributed by atoms with E-state index in [0.29, 0.717) is 5.02 Å². The van der Waals surface area contributed by atoms with Crippen molar-refractivity contribution in [2.75, 3.05) is 26.0 Å². The van der Waals surface area contributed by atoms with Crippen LogP contribution in [0, 0.1) is 0 Å². The molecule has 27 heavy (non-hydrogen) atoms. The van der Waals surface area contributed by atoms with E-state index in [1.807, 2.05) is 25.4 Å². The summed E-state index contributed by atoms with van der Waals surface area (Å²) in [5.74, 6) is 1.10. The number of halogens is 2. The molecule has 0 spiro atoms. The van der Waals surface area contributed by atoms with E-state index in [1.54, 1.807) is 0 Å². The van der Waals surface area contributed by atoms with Crippen LogP contribution in [-0.2, 0) is 6.54 Å². The second-order valence-corrected chi connectivity index (χ2v) is 7.85. The van der Waals surface area contributed by atoms with E-state index in [0.717, 1.165) is 29.5 Å². The molecular weight excluding hydrogens is 377 g/mol. The van der Waals surface area contributed by atoms with Gasteiger partial charge in [0.2, 0.25) is 0 Å². The largest absolute Gasteiger partial charge is 0.373 e. The number of benzene rings is 2. The minimum absolute atomic E-state index is 0.237. The Balaban J connectivity index is 1.79. The predicted molar refractivity (Wildman–Crippen MR) is 114 cm³/mol. The second-order valence-electron chi connectivity index (χ2n) is 7.01. The lowest BCUT2D eigenvalue weighted by atomic mass is 9.84. The van der Waals surface area contributed by atoms with Crippen LogP contribution in [0.15, 0.2) is 54.7 Å². The molecule has 5 heteroatoms.